The van der Waals surface area contributed by atoms with Crippen molar-refractivity contribution in [3.05, 3.63) is 45.2 Å². The first-order chi connectivity index (χ1) is 9.54. The zero-order chi connectivity index (χ0) is 14.3. The van der Waals surface area contributed by atoms with Gasteiger partial charge in [-0.3, -0.25) is 4.68 Å². The van der Waals surface area contributed by atoms with Crippen molar-refractivity contribution in [3.8, 4) is 0 Å². The molecule has 2 heterocycles. The first-order valence-electron chi connectivity index (χ1n) is 6.11. The van der Waals surface area contributed by atoms with E-state index < -0.39 is 0 Å². The molecule has 0 amide bonds. The number of aryl methyl sites for hydroxylation is 3. The monoisotopic (exact) mass is 354 g/mol. The quantitative estimate of drug-likeness (QED) is 0.726. The summed E-state index contributed by atoms with van der Waals surface area (Å²) in [5.74, 6) is -0.302. The van der Waals surface area contributed by atoms with Crippen molar-refractivity contribution < 1.29 is 4.39 Å². The maximum absolute atomic E-state index is 13.5. The molecule has 0 radical (unpaired) electrons. The molecule has 3 rings (SSSR count). The first-order valence-corrected chi connectivity index (χ1v) is 7.31. The highest BCUT2D eigenvalue weighted by atomic mass is 79.9. The van der Waals surface area contributed by atoms with Gasteiger partial charge in [-0.25, -0.2) is 4.39 Å². The number of hydrogen-bond acceptors (Lipinski definition) is 2. The fraction of sp³-hybridized carbons (Fsp3) is 0.231. The Morgan fingerprint density at radius 3 is 2.90 bits per heavy atom. The third-order valence-electron chi connectivity index (χ3n) is 3.13. The normalized spacial score (nSPS) is 11.3. The van der Waals surface area contributed by atoms with E-state index in [2.05, 4.69) is 26.0 Å². The van der Waals surface area contributed by atoms with Gasteiger partial charge in [0.1, 0.15) is 5.82 Å². The molecule has 0 spiro atoms. The highest BCUT2D eigenvalue weighted by Gasteiger charge is 2.09. The molecule has 0 atom stereocenters. The lowest BCUT2D eigenvalue weighted by atomic mass is 10.3. The molecule has 0 aliphatic heterocycles. The molecule has 4 nitrogen and oxygen atoms in total. The molecule has 20 heavy (non-hydrogen) atoms. The Morgan fingerprint density at radius 2 is 2.20 bits per heavy atom. The number of benzene rings is 1. The fourth-order valence-electron chi connectivity index (χ4n) is 2.17. The molecule has 104 valence electrons. The van der Waals surface area contributed by atoms with Gasteiger partial charge < -0.3 is 9.55 Å². The molecule has 0 saturated carbocycles. The SMILES string of the molecule is Cc1cnn(CCn2c(=S)[nH]c3cc(F)c(Br)cc32)c1. The number of nitrogens with zero attached hydrogens (tertiary/aromatic N) is 3. The second-order valence-electron chi connectivity index (χ2n) is 4.65. The van der Waals surface area contributed by atoms with E-state index in [4.69, 9.17) is 12.2 Å². The van der Waals surface area contributed by atoms with Crippen LogP contribution in [0.25, 0.3) is 11.0 Å². The summed E-state index contributed by atoms with van der Waals surface area (Å²) in [4.78, 5) is 3.02. The second-order valence-corrected chi connectivity index (χ2v) is 5.89. The molecule has 0 bridgehead atoms. The Balaban J connectivity index is 1.96. The third kappa shape index (κ3) is 2.43. The van der Waals surface area contributed by atoms with Crippen molar-refractivity contribution in [2.24, 2.45) is 0 Å². The summed E-state index contributed by atoms with van der Waals surface area (Å²) in [7, 11) is 0. The summed E-state index contributed by atoms with van der Waals surface area (Å²) in [5, 5.41) is 4.25. The number of rotatable bonds is 3. The predicted molar refractivity (Wildman–Crippen MR) is 81.7 cm³/mol. The fourth-order valence-corrected chi connectivity index (χ4v) is 2.80. The number of fused-ring (bicyclic) bond motifs is 1. The maximum atomic E-state index is 13.5. The zero-order valence-electron chi connectivity index (χ0n) is 10.7. The van der Waals surface area contributed by atoms with Crippen LogP contribution >= 0.6 is 28.1 Å². The lowest BCUT2D eigenvalue weighted by Crippen LogP contribution is -2.07. The number of aromatic nitrogens is 4. The summed E-state index contributed by atoms with van der Waals surface area (Å²) in [6.45, 7) is 3.39. The van der Waals surface area contributed by atoms with Crippen LogP contribution in [0.5, 0.6) is 0 Å². The van der Waals surface area contributed by atoms with Crippen LogP contribution in [0.1, 0.15) is 5.56 Å². The average molecular weight is 355 g/mol. The van der Waals surface area contributed by atoms with Crippen molar-refractivity contribution in [2.45, 2.75) is 20.0 Å². The highest BCUT2D eigenvalue weighted by Crippen LogP contribution is 2.23. The van der Waals surface area contributed by atoms with E-state index in [9.17, 15) is 4.39 Å². The van der Waals surface area contributed by atoms with Crippen LogP contribution < -0.4 is 0 Å². The minimum Gasteiger partial charge on any atom is -0.330 e. The Hall–Kier alpha value is -1.47. The molecule has 2 aromatic heterocycles. The lowest BCUT2D eigenvalue weighted by Gasteiger charge is -2.05. The summed E-state index contributed by atoms with van der Waals surface area (Å²) in [5.41, 5.74) is 2.71. The van der Waals surface area contributed by atoms with Gasteiger partial charge in [0.25, 0.3) is 0 Å². The number of aromatic amines is 1. The van der Waals surface area contributed by atoms with Gasteiger partial charge in [-0.1, -0.05) is 0 Å². The van der Waals surface area contributed by atoms with Crippen molar-refractivity contribution in [1.29, 1.82) is 0 Å². The Labute approximate surface area is 128 Å². The lowest BCUT2D eigenvalue weighted by molar-refractivity contribution is 0.537. The first kappa shape index (κ1) is 13.5. The number of hydrogen-bond donors (Lipinski definition) is 1. The van der Waals surface area contributed by atoms with Crippen LogP contribution in [-0.4, -0.2) is 19.3 Å². The van der Waals surface area contributed by atoms with Gasteiger partial charge in [-0.2, -0.15) is 5.10 Å². The number of halogens is 2. The Bertz CT molecular complexity index is 833. The number of H-pyrrole nitrogens is 1. The van der Waals surface area contributed by atoms with Crippen LogP contribution in [0.3, 0.4) is 0 Å². The van der Waals surface area contributed by atoms with E-state index in [1.165, 1.54) is 6.07 Å². The molecular weight excluding hydrogens is 343 g/mol. The molecule has 0 aliphatic rings. The van der Waals surface area contributed by atoms with Crippen LogP contribution in [0.4, 0.5) is 4.39 Å². The smallest absolute Gasteiger partial charge is 0.178 e. The molecule has 7 heteroatoms. The van der Waals surface area contributed by atoms with Crippen LogP contribution in [-0.2, 0) is 13.1 Å². The molecule has 0 unspecified atom stereocenters. The Morgan fingerprint density at radius 1 is 1.40 bits per heavy atom. The zero-order valence-corrected chi connectivity index (χ0v) is 13.1. The van der Waals surface area contributed by atoms with E-state index in [1.807, 2.05) is 28.6 Å². The largest absolute Gasteiger partial charge is 0.330 e. The van der Waals surface area contributed by atoms with Gasteiger partial charge in [-0.15, -0.1) is 0 Å². The molecule has 0 fully saturated rings. The van der Waals surface area contributed by atoms with Crippen LogP contribution in [0.15, 0.2) is 29.0 Å². The number of nitrogens with one attached hydrogen (secondary N) is 1. The molecule has 0 saturated heterocycles. The standard InChI is InChI=1S/C13H12BrFN4S/c1-8-6-16-18(7-8)2-3-19-12-4-9(14)10(15)5-11(12)17-13(19)20/h4-7H,2-3H2,1H3,(H,17,20). The minimum atomic E-state index is -0.302. The van der Waals surface area contributed by atoms with Crippen LogP contribution in [0, 0.1) is 17.5 Å². The second kappa shape index (κ2) is 5.14. The van der Waals surface area contributed by atoms with E-state index in [-0.39, 0.29) is 5.82 Å². The van der Waals surface area contributed by atoms with Crippen molar-refractivity contribution in [1.82, 2.24) is 19.3 Å². The summed E-state index contributed by atoms with van der Waals surface area (Å²) < 4.78 is 18.4. The van der Waals surface area contributed by atoms with E-state index in [0.29, 0.717) is 27.8 Å². The van der Waals surface area contributed by atoms with Crippen molar-refractivity contribution in [2.75, 3.05) is 0 Å². The topological polar surface area (TPSA) is 38.5 Å². The van der Waals surface area contributed by atoms with Gasteiger partial charge in [0, 0.05) is 18.8 Å². The van der Waals surface area contributed by atoms with Crippen LogP contribution in [0.2, 0.25) is 0 Å². The van der Waals surface area contributed by atoms with Crippen molar-refractivity contribution >= 4 is 39.2 Å². The molecule has 3 aromatic rings. The summed E-state index contributed by atoms with van der Waals surface area (Å²) in [6, 6.07) is 3.19. The van der Waals surface area contributed by atoms with Gasteiger partial charge in [0.15, 0.2) is 4.77 Å². The minimum absolute atomic E-state index is 0.302. The average Bonchev–Trinajstić information content (AvgIpc) is 2.92. The third-order valence-corrected chi connectivity index (χ3v) is 4.06. The van der Waals surface area contributed by atoms with Gasteiger partial charge in [0.05, 0.1) is 28.2 Å². The van der Waals surface area contributed by atoms with E-state index in [1.54, 1.807) is 6.07 Å². The van der Waals surface area contributed by atoms with E-state index in [0.717, 1.165) is 11.1 Å². The molecule has 0 aliphatic carbocycles. The highest BCUT2D eigenvalue weighted by molar-refractivity contribution is 9.10. The van der Waals surface area contributed by atoms with Gasteiger partial charge >= 0.3 is 0 Å². The van der Waals surface area contributed by atoms with Gasteiger partial charge in [-0.05, 0) is 46.7 Å². The summed E-state index contributed by atoms with van der Waals surface area (Å²) in [6.07, 6.45) is 3.80. The van der Waals surface area contributed by atoms with E-state index >= 15 is 0 Å². The van der Waals surface area contributed by atoms with Crippen molar-refractivity contribution in [3.63, 3.8) is 0 Å². The maximum Gasteiger partial charge on any atom is 0.178 e. The predicted octanol–water partition coefficient (Wildman–Crippen LogP) is 3.81. The molecular formula is C13H12BrFN4S. The molecule has 1 aromatic carbocycles. The summed E-state index contributed by atoms with van der Waals surface area (Å²) >= 11 is 8.51. The molecule has 1 N–H and O–H groups in total. The number of imidazole rings is 1. The Kier molecular flexibility index (Phi) is 3.47. The van der Waals surface area contributed by atoms with Gasteiger partial charge in [0.2, 0.25) is 0 Å².